The lowest BCUT2D eigenvalue weighted by molar-refractivity contribution is 0.0950. The molecule has 0 bridgehead atoms. The van der Waals surface area contributed by atoms with E-state index in [1.54, 1.807) is 18.2 Å². The number of aromatic nitrogens is 1. The van der Waals surface area contributed by atoms with E-state index in [0.29, 0.717) is 23.1 Å². The molecule has 1 heterocycles. The Labute approximate surface area is 135 Å². The second-order valence-electron chi connectivity index (χ2n) is 4.98. The van der Waals surface area contributed by atoms with Gasteiger partial charge in [0.1, 0.15) is 11.5 Å². The number of carbonyl (C=O) groups is 1. The molecule has 0 spiro atoms. The zero-order chi connectivity index (χ0) is 15.5. The highest BCUT2D eigenvalue weighted by molar-refractivity contribution is 9.10. The topological polar surface area (TPSA) is 44.9 Å². The Morgan fingerprint density at radius 3 is 2.77 bits per heavy atom. The van der Waals surface area contributed by atoms with Gasteiger partial charge in [0.05, 0.1) is 0 Å². The van der Waals surface area contributed by atoms with Gasteiger partial charge in [-0.25, -0.2) is 4.39 Å². The molecule has 0 aliphatic rings. The molecular weight excluding hydrogens is 347 g/mol. The fourth-order valence-corrected chi connectivity index (χ4v) is 2.83. The number of fused-ring (bicyclic) bond motifs is 1. The highest BCUT2D eigenvalue weighted by Crippen LogP contribution is 2.19. The molecule has 0 saturated carbocycles. The zero-order valence-electron chi connectivity index (χ0n) is 11.7. The summed E-state index contributed by atoms with van der Waals surface area (Å²) in [5.41, 5.74) is 2.12. The van der Waals surface area contributed by atoms with E-state index in [1.165, 1.54) is 6.07 Å². The van der Waals surface area contributed by atoms with Crippen LogP contribution >= 0.6 is 15.9 Å². The van der Waals surface area contributed by atoms with Crippen LogP contribution in [0.2, 0.25) is 0 Å². The minimum atomic E-state index is -0.332. The first-order valence-electron chi connectivity index (χ1n) is 6.94. The summed E-state index contributed by atoms with van der Waals surface area (Å²) < 4.78 is 14.6. The first-order chi connectivity index (χ1) is 10.6. The second kappa shape index (κ2) is 6.32. The number of amides is 1. The van der Waals surface area contributed by atoms with Gasteiger partial charge in [-0.2, -0.15) is 0 Å². The Balaban J connectivity index is 1.66. The Bertz CT molecular complexity index is 828. The van der Waals surface area contributed by atoms with Crippen molar-refractivity contribution in [1.82, 2.24) is 10.3 Å². The number of carbonyl (C=O) groups excluding carboxylic acids is 1. The van der Waals surface area contributed by atoms with Crippen LogP contribution in [-0.2, 0) is 6.42 Å². The van der Waals surface area contributed by atoms with Gasteiger partial charge in [0, 0.05) is 21.9 Å². The van der Waals surface area contributed by atoms with Crippen molar-refractivity contribution in [3.8, 4) is 0 Å². The first-order valence-corrected chi connectivity index (χ1v) is 7.73. The molecule has 3 aromatic rings. The van der Waals surface area contributed by atoms with Gasteiger partial charge < -0.3 is 10.3 Å². The van der Waals surface area contributed by atoms with Crippen molar-refractivity contribution in [2.45, 2.75) is 6.42 Å². The molecule has 5 heteroatoms. The third-order valence-electron chi connectivity index (χ3n) is 3.49. The molecule has 1 aromatic heterocycles. The lowest BCUT2D eigenvalue weighted by Crippen LogP contribution is -2.26. The molecule has 2 N–H and O–H groups in total. The van der Waals surface area contributed by atoms with Gasteiger partial charge in [0.25, 0.3) is 5.91 Å². The van der Waals surface area contributed by atoms with Crippen LogP contribution < -0.4 is 5.32 Å². The minimum Gasteiger partial charge on any atom is -0.350 e. The molecule has 0 aliphatic carbocycles. The first kappa shape index (κ1) is 14.8. The van der Waals surface area contributed by atoms with Crippen LogP contribution in [0.15, 0.2) is 53.0 Å². The van der Waals surface area contributed by atoms with Crippen LogP contribution in [-0.4, -0.2) is 17.4 Å². The summed E-state index contributed by atoms with van der Waals surface area (Å²) in [4.78, 5) is 15.1. The molecule has 0 atom stereocenters. The van der Waals surface area contributed by atoms with Crippen molar-refractivity contribution >= 4 is 32.7 Å². The summed E-state index contributed by atoms with van der Waals surface area (Å²) in [5.74, 6) is -0.566. The fourth-order valence-electron chi connectivity index (χ4n) is 2.35. The summed E-state index contributed by atoms with van der Waals surface area (Å²) in [6.07, 6.45) is 0.724. The fraction of sp³-hybridized carbons (Fsp3) is 0.118. The third-order valence-corrected chi connectivity index (χ3v) is 4.27. The SMILES string of the molecule is O=C(NCCc1ccccc1Br)c1cc2c(F)cccc2[nH]1. The average molecular weight is 361 g/mol. The number of benzene rings is 2. The minimum absolute atomic E-state index is 0.234. The van der Waals surface area contributed by atoms with E-state index < -0.39 is 0 Å². The van der Waals surface area contributed by atoms with Crippen molar-refractivity contribution in [2.75, 3.05) is 6.54 Å². The number of rotatable bonds is 4. The van der Waals surface area contributed by atoms with Gasteiger partial charge in [-0.15, -0.1) is 0 Å². The molecule has 1 amide bonds. The molecular formula is C17H14BrFN2O. The van der Waals surface area contributed by atoms with Gasteiger partial charge in [0.15, 0.2) is 0 Å². The number of nitrogens with one attached hydrogen (secondary N) is 2. The van der Waals surface area contributed by atoms with Crippen LogP contribution in [0.3, 0.4) is 0 Å². The highest BCUT2D eigenvalue weighted by Gasteiger charge is 2.11. The molecule has 0 radical (unpaired) electrons. The predicted octanol–water partition coefficient (Wildman–Crippen LogP) is 4.04. The van der Waals surface area contributed by atoms with Crippen molar-refractivity contribution < 1.29 is 9.18 Å². The summed E-state index contributed by atoms with van der Waals surface area (Å²) in [6.45, 7) is 0.513. The second-order valence-corrected chi connectivity index (χ2v) is 5.84. The van der Waals surface area contributed by atoms with Crippen LogP contribution in [0.4, 0.5) is 4.39 Å². The van der Waals surface area contributed by atoms with Crippen molar-refractivity contribution in [2.24, 2.45) is 0 Å². The van der Waals surface area contributed by atoms with Crippen molar-refractivity contribution in [1.29, 1.82) is 0 Å². The highest BCUT2D eigenvalue weighted by atomic mass is 79.9. The number of hydrogen-bond donors (Lipinski definition) is 2. The predicted molar refractivity (Wildman–Crippen MR) is 88.4 cm³/mol. The van der Waals surface area contributed by atoms with E-state index in [2.05, 4.69) is 26.2 Å². The maximum atomic E-state index is 13.6. The molecule has 3 rings (SSSR count). The molecule has 2 aromatic carbocycles. The van der Waals surface area contributed by atoms with E-state index in [9.17, 15) is 9.18 Å². The van der Waals surface area contributed by atoms with Crippen LogP contribution in [0.1, 0.15) is 16.1 Å². The van der Waals surface area contributed by atoms with E-state index in [4.69, 9.17) is 0 Å². The van der Waals surface area contributed by atoms with Crippen LogP contribution in [0, 0.1) is 5.82 Å². The molecule has 0 fully saturated rings. The van der Waals surface area contributed by atoms with Crippen molar-refractivity contribution in [3.63, 3.8) is 0 Å². The molecule has 0 saturated heterocycles. The quantitative estimate of drug-likeness (QED) is 0.724. The molecule has 112 valence electrons. The zero-order valence-corrected chi connectivity index (χ0v) is 13.3. The maximum absolute atomic E-state index is 13.6. The Kier molecular flexibility index (Phi) is 4.24. The summed E-state index contributed by atoms with van der Waals surface area (Å²) in [6, 6.07) is 14.2. The normalized spacial score (nSPS) is 10.8. The number of aromatic amines is 1. The van der Waals surface area contributed by atoms with Crippen molar-refractivity contribution in [3.05, 3.63) is 70.1 Å². The summed E-state index contributed by atoms with van der Waals surface area (Å²) >= 11 is 3.48. The summed E-state index contributed by atoms with van der Waals surface area (Å²) in [7, 11) is 0. The number of H-pyrrole nitrogens is 1. The van der Waals surface area contributed by atoms with Gasteiger partial charge >= 0.3 is 0 Å². The Morgan fingerprint density at radius 1 is 1.18 bits per heavy atom. The van der Waals surface area contributed by atoms with Gasteiger partial charge in [0.2, 0.25) is 0 Å². The molecule has 0 aliphatic heterocycles. The monoisotopic (exact) mass is 360 g/mol. The smallest absolute Gasteiger partial charge is 0.267 e. The lowest BCUT2D eigenvalue weighted by atomic mass is 10.1. The average Bonchev–Trinajstić information content (AvgIpc) is 2.95. The maximum Gasteiger partial charge on any atom is 0.267 e. The lowest BCUT2D eigenvalue weighted by Gasteiger charge is -2.05. The van der Waals surface area contributed by atoms with Gasteiger partial charge in [-0.1, -0.05) is 40.2 Å². The van der Waals surface area contributed by atoms with Crippen LogP contribution in [0.25, 0.3) is 10.9 Å². The molecule has 3 nitrogen and oxygen atoms in total. The Hall–Kier alpha value is -2.14. The number of hydrogen-bond acceptors (Lipinski definition) is 1. The van der Waals surface area contributed by atoms with E-state index in [-0.39, 0.29) is 11.7 Å². The third kappa shape index (κ3) is 3.04. The van der Waals surface area contributed by atoms with E-state index in [0.717, 1.165) is 16.5 Å². The number of halogens is 2. The summed E-state index contributed by atoms with van der Waals surface area (Å²) in [5, 5.41) is 3.27. The molecule has 22 heavy (non-hydrogen) atoms. The Morgan fingerprint density at radius 2 is 2.00 bits per heavy atom. The largest absolute Gasteiger partial charge is 0.350 e. The standard InChI is InChI=1S/C17H14BrFN2O/c18-13-5-2-1-4-11(13)8-9-20-17(22)16-10-12-14(19)6-3-7-15(12)21-16/h1-7,10,21H,8-9H2,(H,20,22). The van der Waals surface area contributed by atoms with Crippen LogP contribution in [0.5, 0.6) is 0 Å². The molecule has 0 unspecified atom stereocenters. The van der Waals surface area contributed by atoms with Gasteiger partial charge in [-0.05, 0) is 36.2 Å². The van der Waals surface area contributed by atoms with E-state index in [1.807, 2.05) is 24.3 Å². The van der Waals surface area contributed by atoms with Gasteiger partial charge in [-0.3, -0.25) is 4.79 Å². The van der Waals surface area contributed by atoms with E-state index >= 15 is 0 Å².